The number of hydrogen-bond acceptors (Lipinski definition) is 5. The molecule has 3 aromatic rings. The molecule has 0 saturated carbocycles. The number of benzene rings is 3. The summed E-state index contributed by atoms with van der Waals surface area (Å²) in [6.45, 7) is 13.6. The Morgan fingerprint density at radius 3 is 2.02 bits per heavy atom. The molecule has 4 rings (SSSR count). The maximum atomic E-state index is 7.30. The van der Waals surface area contributed by atoms with E-state index in [4.69, 9.17) is 23.4 Å². The highest BCUT2D eigenvalue weighted by atomic mass is 127. The van der Waals surface area contributed by atoms with E-state index in [-0.39, 0.29) is 29.5 Å². The van der Waals surface area contributed by atoms with E-state index < -0.39 is 14.1 Å². The molecule has 1 aliphatic heterocycles. The van der Waals surface area contributed by atoms with Crippen LogP contribution < -0.4 is 15.1 Å². The van der Waals surface area contributed by atoms with Crippen LogP contribution in [0.4, 0.5) is 0 Å². The molecule has 7 heteroatoms. The minimum Gasteiger partial charge on any atom is -0.497 e. The smallest absolute Gasteiger partial charge is 0.261 e. The van der Waals surface area contributed by atoms with Crippen LogP contribution in [0.3, 0.4) is 0 Å². The molecule has 1 fully saturated rings. The van der Waals surface area contributed by atoms with E-state index in [1.807, 2.05) is 38.1 Å². The Bertz CT molecular complexity index is 1270. The summed E-state index contributed by atoms with van der Waals surface area (Å²) >= 11 is 2.41. The SMILES string of the molecule is COc1ccc(COC(C=CC[C@H](C)O[Si](c2ccccc2)(c2ccccc2)C(C)(C)C)[C@H]2OC(C)(C)O[C@H]2CCI)cc1. The summed E-state index contributed by atoms with van der Waals surface area (Å²) in [4.78, 5) is 0. The van der Waals surface area contributed by atoms with Crippen molar-refractivity contribution in [2.75, 3.05) is 11.5 Å². The van der Waals surface area contributed by atoms with Crippen molar-refractivity contribution in [2.45, 2.75) is 96.2 Å². The van der Waals surface area contributed by atoms with Gasteiger partial charge < -0.3 is 23.4 Å². The summed E-state index contributed by atoms with van der Waals surface area (Å²) in [6, 6.07) is 29.6. The maximum absolute atomic E-state index is 7.30. The van der Waals surface area contributed by atoms with Crippen molar-refractivity contribution < 1.29 is 23.4 Å². The number of alkyl halides is 1. The molecular formula is C37H49IO5Si. The second-order valence-electron chi connectivity index (χ2n) is 13.0. The number of halogens is 1. The van der Waals surface area contributed by atoms with Gasteiger partial charge >= 0.3 is 0 Å². The molecular weight excluding hydrogens is 679 g/mol. The van der Waals surface area contributed by atoms with Crippen LogP contribution in [0.15, 0.2) is 97.1 Å². The Hall–Kier alpha value is -2.01. The van der Waals surface area contributed by atoms with Crippen molar-refractivity contribution in [3.8, 4) is 5.75 Å². The van der Waals surface area contributed by atoms with Crippen LogP contribution in [0.5, 0.6) is 5.75 Å². The molecule has 5 nitrogen and oxygen atoms in total. The van der Waals surface area contributed by atoms with Crippen LogP contribution in [-0.2, 0) is 25.2 Å². The van der Waals surface area contributed by atoms with Gasteiger partial charge in [0.15, 0.2) is 5.79 Å². The predicted octanol–water partition coefficient (Wildman–Crippen LogP) is 7.84. The molecule has 4 atom stereocenters. The van der Waals surface area contributed by atoms with Gasteiger partial charge in [-0.2, -0.15) is 0 Å². The number of hydrogen-bond donors (Lipinski definition) is 0. The number of ether oxygens (including phenoxy) is 4. The Morgan fingerprint density at radius 1 is 0.909 bits per heavy atom. The third-order valence-electron chi connectivity index (χ3n) is 8.13. The van der Waals surface area contributed by atoms with Gasteiger partial charge in [0.05, 0.1) is 19.8 Å². The van der Waals surface area contributed by atoms with Crippen molar-refractivity contribution >= 4 is 41.3 Å². The molecule has 238 valence electrons. The van der Waals surface area contributed by atoms with Gasteiger partial charge in [-0.3, -0.25) is 0 Å². The van der Waals surface area contributed by atoms with Gasteiger partial charge in [0.2, 0.25) is 0 Å². The van der Waals surface area contributed by atoms with Gasteiger partial charge in [-0.25, -0.2) is 0 Å². The Morgan fingerprint density at radius 2 is 1.50 bits per heavy atom. The largest absolute Gasteiger partial charge is 0.497 e. The lowest BCUT2D eigenvalue weighted by molar-refractivity contribution is -0.156. The van der Waals surface area contributed by atoms with E-state index in [9.17, 15) is 0 Å². The highest BCUT2D eigenvalue weighted by Crippen LogP contribution is 2.38. The first kappa shape index (κ1) is 34.9. The van der Waals surface area contributed by atoms with Crippen molar-refractivity contribution in [1.29, 1.82) is 0 Å². The third-order valence-corrected chi connectivity index (χ3v) is 13.9. The van der Waals surface area contributed by atoms with Gasteiger partial charge in [0.1, 0.15) is 18.0 Å². The molecule has 0 radical (unpaired) electrons. The first-order valence-corrected chi connectivity index (χ1v) is 19.0. The van der Waals surface area contributed by atoms with Gasteiger partial charge in [-0.15, -0.1) is 0 Å². The van der Waals surface area contributed by atoms with Gasteiger partial charge in [-0.1, -0.05) is 128 Å². The molecule has 0 N–H and O–H groups in total. The number of methoxy groups -OCH3 is 1. The summed E-state index contributed by atoms with van der Waals surface area (Å²) in [5.41, 5.74) is 1.08. The highest BCUT2D eigenvalue weighted by Gasteiger charge is 2.51. The second-order valence-corrected chi connectivity index (χ2v) is 18.3. The topological polar surface area (TPSA) is 46.2 Å². The molecule has 1 heterocycles. The normalized spacial score (nSPS) is 20.1. The second kappa shape index (κ2) is 15.5. The first-order chi connectivity index (χ1) is 21.0. The molecule has 1 unspecified atom stereocenters. The molecule has 1 aliphatic rings. The fourth-order valence-electron chi connectivity index (χ4n) is 6.09. The van der Waals surface area contributed by atoms with Crippen molar-refractivity contribution in [2.24, 2.45) is 0 Å². The van der Waals surface area contributed by atoms with Crippen LogP contribution in [0.2, 0.25) is 5.04 Å². The zero-order chi connectivity index (χ0) is 31.8. The molecule has 0 aromatic heterocycles. The lowest BCUT2D eigenvalue weighted by Gasteiger charge is -2.44. The van der Waals surface area contributed by atoms with E-state index in [1.54, 1.807) is 7.11 Å². The summed E-state index contributed by atoms with van der Waals surface area (Å²) in [6.07, 6.45) is 5.48. The molecule has 44 heavy (non-hydrogen) atoms. The minimum atomic E-state index is -2.64. The average Bonchev–Trinajstić information content (AvgIpc) is 3.31. The molecule has 0 spiro atoms. The van der Waals surface area contributed by atoms with Crippen molar-refractivity contribution in [3.05, 3.63) is 103 Å². The van der Waals surface area contributed by atoms with E-state index in [2.05, 4.69) is 123 Å². The van der Waals surface area contributed by atoms with Gasteiger partial charge in [0.25, 0.3) is 8.32 Å². The van der Waals surface area contributed by atoms with Gasteiger partial charge in [-0.05, 0) is 66.7 Å². The zero-order valence-electron chi connectivity index (χ0n) is 27.3. The lowest BCUT2D eigenvalue weighted by atomic mass is 10.0. The summed E-state index contributed by atoms with van der Waals surface area (Å²) in [5, 5.41) is 2.50. The Balaban J connectivity index is 1.57. The van der Waals surface area contributed by atoms with Crippen LogP contribution in [-0.4, -0.2) is 50.1 Å². The standard InChI is InChI=1S/C37H49IO5Si/c1-28(43-44(36(2,3)4,31-16-10-8-11-17-31)32-18-12-9-13-19-32)15-14-20-33(35-34(25-26-38)41-37(5,6)42-35)40-27-29-21-23-30(39-7)24-22-29/h8-14,16-24,28,33-35H,15,25-27H2,1-7H3/t28-,33?,34-,35+/m0/s1. The van der Waals surface area contributed by atoms with Crippen molar-refractivity contribution in [1.82, 2.24) is 0 Å². The lowest BCUT2D eigenvalue weighted by Crippen LogP contribution is -2.67. The van der Waals surface area contributed by atoms with E-state index in [0.29, 0.717) is 6.61 Å². The quantitative estimate of drug-likeness (QED) is 0.0734. The summed E-state index contributed by atoms with van der Waals surface area (Å²) in [7, 11) is -0.966. The Kier molecular flexibility index (Phi) is 12.3. The highest BCUT2D eigenvalue weighted by molar-refractivity contribution is 14.1. The monoisotopic (exact) mass is 728 g/mol. The molecule has 0 bridgehead atoms. The van der Waals surface area contributed by atoms with Crippen LogP contribution in [0.25, 0.3) is 0 Å². The molecule has 0 aliphatic carbocycles. The van der Waals surface area contributed by atoms with E-state index >= 15 is 0 Å². The number of rotatable bonds is 14. The predicted molar refractivity (Wildman–Crippen MR) is 191 cm³/mol. The summed E-state index contributed by atoms with van der Waals surface area (Å²) in [5.74, 6) is 0.174. The molecule has 0 amide bonds. The zero-order valence-corrected chi connectivity index (χ0v) is 30.5. The minimum absolute atomic E-state index is 0.0119. The fourth-order valence-corrected chi connectivity index (χ4v) is 11.4. The van der Waals surface area contributed by atoms with E-state index in [1.165, 1.54) is 10.4 Å². The average molecular weight is 729 g/mol. The third kappa shape index (κ3) is 8.62. The van der Waals surface area contributed by atoms with Crippen LogP contribution in [0.1, 0.15) is 59.9 Å². The Labute approximate surface area is 279 Å². The fraction of sp³-hybridized carbons (Fsp3) is 0.459. The summed E-state index contributed by atoms with van der Waals surface area (Å²) < 4.78 is 33.0. The van der Waals surface area contributed by atoms with Gasteiger partial charge in [0, 0.05) is 10.5 Å². The molecule has 3 aromatic carbocycles. The molecule has 1 saturated heterocycles. The van der Waals surface area contributed by atoms with E-state index in [0.717, 1.165) is 28.6 Å². The first-order valence-electron chi connectivity index (χ1n) is 15.6. The van der Waals surface area contributed by atoms with Crippen LogP contribution >= 0.6 is 22.6 Å². The maximum Gasteiger partial charge on any atom is 0.261 e. The van der Waals surface area contributed by atoms with Crippen LogP contribution in [0, 0.1) is 0 Å². The van der Waals surface area contributed by atoms with Crippen molar-refractivity contribution in [3.63, 3.8) is 0 Å².